The van der Waals surface area contributed by atoms with Crippen molar-refractivity contribution < 1.29 is 5.11 Å². The highest BCUT2D eigenvalue weighted by atomic mass is 16.3. The van der Waals surface area contributed by atoms with Crippen LogP contribution in [-0.2, 0) is 0 Å². The lowest BCUT2D eigenvalue weighted by molar-refractivity contribution is 0.138. The Morgan fingerprint density at radius 2 is 1.75 bits per heavy atom. The molecule has 0 aliphatic rings. The van der Waals surface area contributed by atoms with Gasteiger partial charge in [0.05, 0.1) is 6.10 Å². The molecule has 1 unspecified atom stereocenters. The molecular formula is C10H23NO. The third-order valence-electron chi connectivity index (χ3n) is 1.77. The molecule has 0 fully saturated rings. The van der Waals surface area contributed by atoms with Gasteiger partial charge in [0, 0.05) is 6.04 Å². The van der Waals surface area contributed by atoms with E-state index in [1.54, 1.807) is 0 Å². The number of nitrogens with one attached hydrogen (secondary N) is 1. The van der Waals surface area contributed by atoms with Crippen molar-refractivity contribution in [2.24, 2.45) is 5.92 Å². The smallest absolute Gasteiger partial charge is 0.0554 e. The second-order valence-corrected chi connectivity index (χ2v) is 4.18. The van der Waals surface area contributed by atoms with Gasteiger partial charge in [-0.05, 0) is 25.3 Å². The molecular weight excluding hydrogens is 150 g/mol. The second kappa shape index (κ2) is 6.44. The molecule has 0 aliphatic heterocycles. The molecule has 12 heavy (non-hydrogen) atoms. The summed E-state index contributed by atoms with van der Waals surface area (Å²) in [6.45, 7) is 9.44. The maximum Gasteiger partial charge on any atom is 0.0554 e. The zero-order chi connectivity index (χ0) is 9.56. The van der Waals surface area contributed by atoms with Gasteiger partial charge in [0.15, 0.2) is 0 Å². The molecule has 0 saturated heterocycles. The fraction of sp³-hybridized carbons (Fsp3) is 1.00. The summed E-state index contributed by atoms with van der Waals surface area (Å²) < 4.78 is 0. The van der Waals surface area contributed by atoms with Crippen molar-refractivity contribution in [1.29, 1.82) is 0 Å². The lowest BCUT2D eigenvalue weighted by Gasteiger charge is -2.14. The van der Waals surface area contributed by atoms with Crippen LogP contribution in [-0.4, -0.2) is 23.8 Å². The predicted molar refractivity (Wildman–Crippen MR) is 53.2 cm³/mol. The summed E-state index contributed by atoms with van der Waals surface area (Å²) in [5, 5.41) is 12.8. The van der Waals surface area contributed by atoms with Crippen molar-refractivity contribution in [2.45, 2.75) is 52.7 Å². The first-order valence-corrected chi connectivity index (χ1v) is 4.93. The van der Waals surface area contributed by atoms with Crippen molar-refractivity contribution in [3.63, 3.8) is 0 Å². The Morgan fingerprint density at radius 3 is 2.17 bits per heavy atom. The molecule has 0 saturated carbocycles. The normalized spacial score (nSPS) is 14.2. The highest BCUT2D eigenvalue weighted by molar-refractivity contribution is 4.61. The minimum absolute atomic E-state index is 0.128. The van der Waals surface area contributed by atoms with Crippen molar-refractivity contribution in [3.05, 3.63) is 0 Å². The van der Waals surface area contributed by atoms with Crippen LogP contribution in [0.1, 0.15) is 40.5 Å². The maximum atomic E-state index is 9.49. The van der Waals surface area contributed by atoms with Crippen LogP contribution in [0.15, 0.2) is 0 Å². The zero-order valence-electron chi connectivity index (χ0n) is 8.80. The highest BCUT2D eigenvalue weighted by Crippen LogP contribution is 2.06. The largest absolute Gasteiger partial charge is 0.393 e. The Kier molecular flexibility index (Phi) is 6.39. The van der Waals surface area contributed by atoms with E-state index in [2.05, 4.69) is 33.0 Å². The van der Waals surface area contributed by atoms with E-state index in [1.807, 2.05) is 0 Å². The van der Waals surface area contributed by atoms with Gasteiger partial charge < -0.3 is 10.4 Å². The van der Waals surface area contributed by atoms with Gasteiger partial charge in [-0.1, -0.05) is 27.7 Å². The minimum atomic E-state index is -0.128. The first-order chi connectivity index (χ1) is 5.52. The molecule has 0 amide bonds. The van der Waals surface area contributed by atoms with Crippen LogP contribution in [0.5, 0.6) is 0 Å². The summed E-state index contributed by atoms with van der Waals surface area (Å²) in [6, 6.07) is 0.524. The van der Waals surface area contributed by atoms with Crippen LogP contribution >= 0.6 is 0 Å². The molecule has 2 heteroatoms. The van der Waals surface area contributed by atoms with E-state index in [1.165, 1.54) is 0 Å². The molecule has 0 aromatic heterocycles. The van der Waals surface area contributed by atoms with Crippen molar-refractivity contribution in [2.75, 3.05) is 6.54 Å². The van der Waals surface area contributed by atoms with Gasteiger partial charge >= 0.3 is 0 Å². The molecule has 0 aliphatic carbocycles. The Morgan fingerprint density at radius 1 is 1.17 bits per heavy atom. The standard InChI is InChI=1S/C10H23NO/c1-8(2)7-10(12)5-6-11-9(3)4/h8-12H,5-7H2,1-4H3. The van der Waals surface area contributed by atoms with Gasteiger partial charge in [-0.15, -0.1) is 0 Å². The molecule has 2 nitrogen and oxygen atoms in total. The average molecular weight is 173 g/mol. The van der Waals surface area contributed by atoms with E-state index in [0.29, 0.717) is 12.0 Å². The molecule has 0 bridgehead atoms. The van der Waals surface area contributed by atoms with Crippen molar-refractivity contribution in [1.82, 2.24) is 5.32 Å². The topological polar surface area (TPSA) is 32.3 Å². The molecule has 0 aromatic rings. The quantitative estimate of drug-likeness (QED) is 0.641. The fourth-order valence-corrected chi connectivity index (χ4v) is 1.20. The SMILES string of the molecule is CC(C)CC(O)CCNC(C)C. The van der Waals surface area contributed by atoms with E-state index in [9.17, 15) is 5.11 Å². The van der Waals surface area contributed by atoms with Gasteiger partial charge in [-0.3, -0.25) is 0 Å². The Bertz CT molecular complexity index is 102. The fourth-order valence-electron chi connectivity index (χ4n) is 1.20. The Hall–Kier alpha value is -0.0800. The molecule has 0 rings (SSSR count). The van der Waals surface area contributed by atoms with E-state index >= 15 is 0 Å². The molecule has 0 aromatic carbocycles. The first-order valence-electron chi connectivity index (χ1n) is 4.93. The van der Waals surface area contributed by atoms with Crippen molar-refractivity contribution in [3.8, 4) is 0 Å². The minimum Gasteiger partial charge on any atom is -0.393 e. The monoisotopic (exact) mass is 173 g/mol. The lowest BCUT2D eigenvalue weighted by Crippen LogP contribution is -2.27. The number of hydrogen-bond acceptors (Lipinski definition) is 2. The van der Waals surface area contributed by atoms with Crippen LogP contribution < -0.4 is 5.32 Å². The second-order valence-electron chi connectivity index (χ2n) is 4.18. The van der Waals surface area contributed by atoms with Gasteiger partial charge in [-0.2, -0.15) is 0 Å². The molecule has 2 N–H and O–H groups in total. The number of aliphatic hydroxyl groups excluding tert-OH is 1. The average Bonchev–Trinajstić information content (AvgIpc) is 1.84. The zero-order valence-corrected chi connectivity index (χ0v) is 8.80. The van der Waals surface area contributed by atoms with Crippen LogP contribution in [0.25, 0.3) is 0 Å². The summed E-state index contributed by atoms with van der Waals surface area (Å²) in [4.78, 5) is 0. The van der Waals surface area contributed by atoms with Crippen molar-refractivity contribution >= 4 is 0 Å². The van der Waals surface area contributed by atoms with Crippen LogP contribution in [0.3, 0.4) is 0 Å². The third kappa shape index (κ3) is 8.02. The highest BCUT2D eigenvalue weighted by Gasteiger charge is 2.06. The number of aliphatic hydroxyl groups is 1. The number of hydrogen-bond donors (Lipinski definition) is 2. The number of rotatable bonds is 6. The Balaban J connectivity index is 3.25. The van der Waals surface area contributed by atoms with Gasteiger partial charge in [0.1, 0.15) is 0 Å². The molecule has 74 valence electrons. The summed E-state index contributed by atoms with van der Waals surface area (Å²) in [5.41, 5.74) is 0. The maximum absolute atomic E-state index is 9.49. The summed E-state index contributed by atoms with van der Waals surface area (Å²) >= 11 is 0. The van der Waals surface area contributed by atoms with Crippen LogP contribution in [0.4, 0.5) is 0 Å². The van der Waals surface area contributed by atoms with Gasteiger partial charge in [-0.25, -0.2) is 0 Å². The molecule has 0 heterocycles. The molecule has 0 spiro atoms. The summed E-state index contributed by atoms with van der Waals surface area (Å²) in [6.07, 6.45) is 1.66. The van der Waals surface area contributed by atoms with E-state index < -0.39 is 0 Å². The van der Waals surface area contributed by atoms with Gasteiger partial charge in [0.2, 0.25) is 0 Å². The van der Waals surface area contributed by atoms with E-state index in [4.69, 9.17) is 0 Å². The summed E-state index contributed by atoms with van der Waals surface area (Å²) in [5.74, 6) is 0.596. The van der Waals surface area contributed by atoms with Gasteiger partial charge in [0.25, 0.3) is 0 Å². The van der Waals surface area contributed by atoms with Crippen LogP contribution in [0, 0.1) is 5.92 Å². The van der Waals surface area contributed by atoms with Crippen LogP contribution in [0.2, 0.25) is 0 Å². The van der Waals surface area contributed by atoms with E-state index in [-0.39, 0.29) is 6.10 Å². The Labute approximate surface area is 76.4 Å². The molecule has 1 atom stereocenters. The predicted octanol–water partition coefficient (Wildman–Crippen LogP) is 1.78. The first kappa shape index (κ1) is 11.9. The van der Waals surface area contributed by atoms with E-state index in [0.717, 1.165) is 19.4 Å². The summed E-state index contributed by atoms with van der Waals surface area (Å²) in [7, 11) is 0. The lowest BCUT2D eigenvalue weighted by atomic mass is 10.0. The third-order valence-corrected chi connectivity index (χ3v) is 1.77. The molecule has 0 radical (unpaired) electrons.